The van der Waals surface area contributed by atoms with Crippen molar-refractivity contribution < 1.29 is 0 Å². The Morgan fingerprint density at radius 1 is 0.882 bits per heavy atom. The van der Waals surface area contributed by atoms with Crippen molar-refractivity contribution in [1.29, 1.82) is 0 Å². The molecule has 0 aliphatic heterocycles. The van der Waals surface area contributed by atoms with Crippen molar-refractivity contribution >= 4 is 0 Å². The van der Waals surface area contributed by atoms with Crippen molar-refractivity contribution in [1.82, 2.24) is 0 Å². The standard InChI is InChI=1S/C17H22/c1-3-5-7-9-11-13-15-17-16-14-12-10-8-6-4-2/h3-4,6,8,10,13,15-17H,1,5,7,9,11H2,2H3. The molecule has 0 spiro atoms. The quantitative estimate of drug-likeness (QED) is 0.248. The second kappa shape index (κ2) is 14.3. The van der Waals surface area contributed by atoms with E-state index in [4.69, 9.17) is 0 Å². The number of hydrogen-bond acceptors (Lipinski definition) is 0. The average Bonchev–Trinajstić information content (AvgIpc) is 2.35. The van der Waals surface area contributed by atoms with Crippen molar-refractivity contribution in [3.8, 4) is 11.8 Å². The minimum Gasteiger partial charge on any atom is -0.103 e. The number of allylic oxidation sites excluding steroid dienone is 9. The van der Waals surface area contributed by atoms with Gasteiger partial charge in [0.1, 0.15) is 0 Å². The highest BCUT2D eigenvalue weighted by molar-refractivity contribution is 5.27. The molecule has 0 unspecified atom stereocenters. The van der Waals surface area contributed by atoms with Crippen LogP contribution in [-0.4, -0.2) is 0 Å². The van der Waals surface area contributed by atoms with Gasteiger partial charge in [0.25, 0.3) is 0 Å². The first-order valence-corrected chi connectivity index (χ1v) is 6.13. The smallest absolute Gasteiger partial charge is 0.0115 e. The lowest BCUT2D eigenvalue weighted by molar-refractivity contribution is 0.763. The summed E-state index contributed by atoms with van der Waals surface area (Å²) in [5.41, 5.74) is 0. The van der Waals surface area contributed by atoms with E-state index in [1.54, 1.807) is 0 Å². The average molecular weight is 226 g/mol. The number of unbranched alkanes of at least 4 members (excludes halogenated alkanes) is 3. The van der Waals surface area contributed by atoms with Crippen LogP contribution in [0.15, 0.2) is 61.3 Å². The van der Waals surface area contributed by atoms with E-state index in [-0.39, 0.29) is 0 Å². The molecule has 0 aromatic carbocycles. The zero-order chi connectivity index (χ0) is 12.6. The molecule has 0 atom stereocenters. The molecule has 0 saturated carbocycles. The summed E-state index contributed by atoms with van der Waals surface area (Å²) in [7, 11) is 0. The topological polar surface area (TPSA) is 0 Å². The summed E-state index contributed by atoms with van der Waals surface area (Å²) < 4.78 is 0. The van der Waals surface area contributed by atoms with Gasteiger partial charge in [-0.15, -0.1) is 6.58 Å². The second-order valence-electron chi connectivity index (χ2n) is 3.53. The molecule has 90 valence electrons. The molecule has 0 nitrogen and oxygen atoms in total. The van der Waals surface area contributed by atoms with E-state index >= 15 is 0 Å². The first kappa shape index (κ1) is 15.3. The molecule has 0 rings (SSSR count). The maximum absolute atomic E-state index is 3.70. The maximum atomic E-state index is 3.70. The Morgan fingerprint density at radius 3 is 2.18 bits per heavy atom. The second-order valence-corrected chi connectivity index (χ2v) is 3.53. The van der Waals surface area contributed by atoms with E-state index in [0.717, 1.165) is 12.8 Å². The maximum Gasteiger partial charge on any atom is -0.0115 e. The lowest BCUT2D eigenvalue weighted by atomic mass is 10.2. The van der Waals surface area contributed by atoms with Gasteiger partial charge in [0.15, 0.2) is 0 Å². The summed E-state index contributed by atoms with van der Waals surface area (Å²) in [5, 5.41) is 0. The van der Waals surface area contributed by atoms with Crippen molar-refractivity contribution in [2.24, 2.45) is 0 Å². The van der Waals surface area contributed by atoms with Crippen LogP contribution in [0.4, 0.5) is 0 Å². The Bertz CT molecular complexity index is 340. The van der Waals surface area contributed by atoms with Gasteiger partial charge in [0, 0.05) is 0 Å². The van der Waals surface area contributed by atoms with E-state index in [2.05, 4.69) is 30.6 Å². The molecule has 0 heterocycles. The van der Waals surface area contributed by atoms with Gasteiger partial charge < -0.3 is 0 Å². The molecule has 0 aromatic heterocycles. The van der Waals surface area contributed by atoms with E-state index in [1.165, 1.54) is 12.8 Å². The third-order valence-corrected chi connectivity index (χ3v) is 2.02. The summed E-state index contributed by atoms with van der Waals surface area (Å²) in [5.74, 6) is 5.87. The van der Waals surface area contributed by atoms with Crippen LogP contribution in [0.3, 0.4) is 0 Å². The summed E-state index contributed by atoms with van der Waals surface area (Å²) in [6.45, 7) is 5.68. The van der Waals surface area contributed by atoms with Crippen LogP contribution in [0.1, 0.15) is 32.6 Å². The van der Waals surface area contributed by atoms with Gasteiger partial charge >= 0.3 is 0 Å². The lowest BCUT2D eigenvalue weighted by Crippen LogP contribution is -1.70. The fourth-order valence-corrected chi connectivity index (χ4v) is 1.14. The fraction of sp³-hybridized carbons (Fsp3) is 0.294. The molecule has 0 N–H and O–H groups in total. The van der Waals surface area contributed by atoms with E-state index in [9.17, 15) is 0 Å². The highest BCUT2D eigenvalue weighted by Gasteiger charge is 1.80. The van der Waals surface area contributed by atoms with Gasteiger partial charge in [-0.2, -0.15) is 0 Å². The van der Waals surface area contributed by atoms with E-state index < -0.39 is 0 Å². The van der Waals surface area contributed by atoms with Gasteiger partial charge in [-0.05, 0) is 44.8 Å². The number of rotatable bonds is 7. The molecule has 0 aliphatic rings. The third-order valence-electron chi connectivity index (χ3n) is 2.02. The molecule has 17 heavy (non-hydrogen) atoms. The molecular formula is C17H22. The highest BCUT2D eigenvalue weighted by Crippen LogP contribution is 2.00. The van der Waals surface area contributed by atoms with Crippen molar-refractivity contribution in [2.45, 2.75) is 32.6 Å². The van der Waals surface area contributed by atoms with Crippen molar-refractivity contribution in [3.05, 3.63) is 61.3 Å². The van der Waals surface area contributed by atoms with Crippen LogP contribution < -0.4 is 0 Å². The first-order chi connectivity index (χ1) is 8.41. The largest absolute Gasteiger partial charge is 0.103 e. The Labute approximate surface area is 106 Å². The van der Waals surface area contributed by atoms with Crippen LogP contribution in [-0.2, 0) is 0 Å². The zero-order valence-electron chi connectivity index (χ0n) is 10.7. The van der Waals surface area contributed by atoms with Gasteiger partial charge in [0.05, 0.1) is 0 Å². The van der Waals surface area contributed by atoms with Gasteiger partial charge in [-0.1, -0.05) is 54.4 Å². The predicted octanol–water partition coefficient (Wildman–Crippen LogP) is 4.98. The van der Waals surface area contributed by atoms with Crippen LogP contribution in [0.5, 0.6) is 0 Å². The molecular weight excluding hydrogens is 204 g/mol. The summed E-state index contributed by atoms with van der Waals surface area (Å²) in [6, 6.07) is 0. The van der Waals surface area contributed by atoms with Crippen molar-refractivity contribution in [2.75, 3.05) is 0 Å². The zero-order valence-corrected chi connectivity index (χ0v) is 10.7. The summed E-state index contributed by atoms with van der Waals surface area (Å²) >= 11 is 0. The molecule has 0 saturated heterocycles. The molecule has 0 fully saturated rings. The Balaban J connectivity index is 3.58. The normalized spacial score (nSPS) is 11.6. The SMILES string of the molecule is C=CCCCCC=CC=CC#CC=CC=CC. The molecule has 0 aliphatic carbocycles. The van der Waals surface area contributed by atoms with E-state index in [0.29, 0.717) is 0 Å². The van der Waals surface area contributed by atoms with Gasteiger partial charge in [0.2, 0.25) is 0 Å². The monoisotopic (exact) mass is 226 g/mol. The minimum atomic E-state index is 1.12. The molecule has 0 bridgehead atoms. The molecule has 0 aromatic rings. The van der Waals surface area contributed by atoms with Gasteiger partial charge in [-0.25, -0.2) is 0 Å². The highest BCUT2D eigenvalue weighted by atomic mass is 13.9. The summed E-state index contributed by atoms with van der Waals surface area (Å²) in [4.78, 5) is 0. The fourth-order valence-electron chi connectivity index (χ4n) is 1.14. The molecule has 0 heteroatoms. The van der Waals surface area contributed by atoms with Crippen LogP contribution >= 0.6 is 0 Å². The molecule has 0 amide bonds. The Morgan fingerprint density at radius 2 is 1.53 bits per heavy atom. The van der Waals surface area contributed by atoms with Crippen LogP contribution in [0.2, 0.25) is 0 Å². The van der Waals surface area contributed by atoms with E-state index in [1.807, 2.05) is 49.5 Å². The van der Waals surface area contributed by atoms with Gasteiger partial charge in [-0.3, -0.25) is 0 Å². The van der Waals surface area contributed by atoms with Crippen LogP contribution in [0, 0.1) is 11.8 Å². The Kier molecular flexibility index (Phi) is 12.8. The van der Waals surface area contributed by atoms with Crippen LogP contribution in [0.25, 0.3) is 0 Å². The number of hydrogen-bond donors (Lipinski definition) is 0. The minimum absolute atomic E-state index is 1.12. The Hall–Kier alpha value is -1.74. The third kappa shape index (κ3) is 14.3. The first-order valence-electron chi connectivity index (χ1n) is 6.13. The van der Waals surface area contributed by atoms with Crippen molar-refractivity contribution in [3.63, 3.8) is 0 Å². The molecule has 0 radical (unpaired) electrons. The predicted molar refractivity (Wildman–Crippen MR) is 78.7 cm³/mol. The summed E-state index contributed by atoms with van der Waals surface area (Å²) in [6.07, 6.45) is 22.5. The lowest BCUT2D eigenvalue weighted by Gasteiger charge is -1.90.